The molecule has 1 aromatic heterocycles. The molecular formula is C33H51I4N4O2Ru2-. The first-order chi connectivity index (χ1) is 20.1. The Balaban J connectivity index is -0.000000233. The number of aromatic nitrogens is 2. The van der Waals surface area contributed by atoms with Gasteiger partial charge in [0.05, 0.1) is 14.1 Å². The van der Waals surface area contributed by atoms with Crippen molar-refractivity contribution in [1.29, 1.82) is 0 Å². The summed E-state index contributed by atoms with van der Waals surface area (Å²) in [4.78, 5) is 14.4. The Kier molecular flexibility index (Phi) is 37.1. The summed E-state index contributed by atoms with van der Waals surface area (Å²) in [6, 6.07) is 17.4. The van der Waals surface area contributed by atoms with Crippen LogP contribution in [0.4, 0.5) is 0 Å². The quantitative estimate of drug-likeness (QED) is 0.114. The molecule has 45 heavy (non-hydrogen) atoms. The first-order valence-electron chi connectivity index (χ1n) is 13.2. The molecule has 12 heteroatoms. The van der Waals surface area contributed by atoms with Crippen LogP contribution in [0.5, 0.6) is 0 Å². The van der Waals surface area contributed by atoms with Gasteiger partial charge in [0.15, 0.2) is 5.97 Å². The van der Waals surface area contributed by atoms with Gasteiger partial charge in [0.2, 0.25) is 0 Å². The Bertz CT molecular complexity index is 1080. The van der Waals surface area contributed by atoms with Crippen molar-refractivity contribution in [2.24, 2.45) is 14.1 Å². The number of carbonyl (C=O) groups excluding carboxylic acids is 1. The van der Waals surface area contributed by atoms with Crippen molar-refractivity contribution in [3.05, 3.63) is 123 Å². The summed E-state index contributed by atoms with van der Waals surface area (Å²) in [5.41, 5.74) is 5.52. The van der Waals surface area contributed by atoms with Crippen LogP contribution in [0, 0.1) is 35.4 Å². The van der Waals surface area contributed by atoms with Gasteiger partial charge >= 0.3 is 105 Å². The molecular weight excluding hydrogens is 1190 g/mol. The number of aryl methyl sites for hydroxylation is 4. The fourth-order valence-electron chi connectivity index (χ4n) is 3.36. The van der Waals surface area contributed by atoms with Crippen LogP contribution in [0.3, 0.4) is 0 Å². The van der Waals surface area contributed by atoms with Gasteiger partial charge < -0.3 is 34.6 Å². The van der Waals surface area contributed by atoms with Crippen LogP contribution in [0.2, 0.25) is 0 Å². The average molecular weight is 1250 g/mol. The van der Waals surface area contributed by atoms with E-state index in [1.807, 2.05) is 43.0 Å². The Hall–Kier alpha value is 0.627. The van der Waals surface area contributed by atoms with E-state index in [-0.39, 0.29) is 20.7 Å². The molecule has 0 amide bonds. The minimum atomic E-state index is -1.16. The average Bonchev–Trinajstić information content (AvgIpc) is 3.48. The molecule has 4 rings (SSSR count). The first-order valence-corrected chi connectivity index (χ1v) is 33.9. The van der Waals surface area contributed by atoms with Gasteiger partial charge in [-0.05, 0) is 63.3 Å². The van der Waals surface area contributed by atoms with Gasteiger partial charge in [-0.1, -0.05) is 87.4 Å². The van der Waals surface area contributed by atoms with Crippen LogP contribution in [-0.4, -0.2) is 34.4 Å². The van der Waals surface area contributed by atoms with E-state index < -0.39 is 5.97 Å². The molecule has 260 valence electrons. The van der Waals surface area contributed by atoms with E-state index in [0.29, 0.717) is 32.0 Å². The SMILES string of the molecule is CN1C=CN(C)[CH-]1.Cc1ccc(C(C)C)cc1.Cc1ccc(C(C)C)cc1.Cn1cc[n+](C)c1C(=O)[O-].[CH3-].[CH3-].[I][Ru+2][I].[I][Ru][I]. The van der Waals surface area contributed by atoms with Gasteiger partial charge in [-0.2, -0.15) is 6.67 Å². The number of hydrogen-bond acceptors (Lipinski definition) is 4. The summed E-state index contributed by atoms with van der Waals surface area (Å²) >= 11 is 9.46. The zero-order valence-corrected chi connectivity index (χ0v) is 40.6. The van der Waals surface area contributed by atoms with E-state index in [0.717, 1.165) is 0 Å². The molecule has 0 spiro atoms. The van der Waals surface area contributed by atoms with Gasteiger partial charge in [-0.15, -0.1) is 0 Å². The topological polar surface area (TPSA) is 55.4 Å². The first kappa shape index (κ1) is 52.4. The monoisotopic (exact) mass is 1250 g/mol. The number of hydrogen-bond donors (Lipinski definition) is 0. The molecule has 0 fully saturated rings. The predicted octanol–water partition coefficient (Wildman–Crippen LogP) is 9.34. The van der Waals surface area contributed by atoms with E-state index in [9.17, 15) is 9.90 Å². The van der Waals surface area contributed by atoms with Gasteiger partial charge in [-0.25, -0.2) is 9.13 Å². The zero-order chi connectivity index (χ0) is 33.5. The molecule has 0 unspecified atom stereocenters. The van der Waals surface area contributed by atoms with Gasteiger partial charge in [0.1, 0.15) is 12.4 Å². The number of imidazole rings is 1. The summed E-state index contributed by atoms with van der Waals surface area (Å²) < 4.78 is 2.99. The Morgan fingerprint density at radius 1 is 0.822 bits per heavy atom. The molecule has 1 aliphatic heterocycles. The van der Waals surface area contributed by atoms with Crippen molar-refractivity contribution in [2.75, 3.05) is 14.1 Å². The third-order valence-corrected chi connectivity index (χ3v) is 5.75. The maximum absolute atomic E-state index is 10.4. The molecule has 0 saturated heterocycles. The van der Waals surface area contributed by atoms with Gasteiger partial charge in [0.25, 0.3) is 0 Å². The standard InChI is InChI=1S/2C10H14.C6H8N2O2.C5H9N2.2CH3.4HI.2Ru/c2*1-8(2)10-6-4-9(3)5-7-10;1-7-3-4-8(2)5(7)6(9)10;1-6-3-4-7(2)5-6;;;;;;;;/h2*4-8H,1-3H3;3-4H,1-2H3;3-5H,1-2H3;2*1H3;4*1H;;/q;;;3*-1;;;;;+2;+4/p-4. The van der Waals surface area contributed by atoms with Crippen molar-refractivity contribution >= 4 is 85.0 Å². The number of aromatic carboxylic acids is 1. The van der Waals surface area contributed by atoms with Crippen molar-refractivity contribution in [1.82, 2.24) is 14.4 Å². The third kappa shape index (κ3) is 27.2. The molecule has 0 bridgehead atoms. The van der Waals surface area contributed by atoms with E-state index in [2.05, 4.69) is 169 Å². The molecule has 2 aromatic carbocycles. The van der Waals surface area contributed by atoms with E-state index in [1.165, 1.54) is 31.4 Å². The molecule has 0 radical (unpaired) electrons. The number of carbonyl (C=O) groups is 1. The minimum absolute atomic E-state index is 0. The summed E-state index contributed by atoms with van der Waals surface area (Å²) in [5, 5.41) is 10.4. The zero-order valence-electron chi connectivity index (χ0n) is 28.5. The van der Waals surface area contributed by atoms with Crippen LogP contribution in [0.1, 0.15) is 72.4 Å². The number of carboxylic acid groups (broad SMARTS) is 1. The second-order valence-electron chi connectivity index (χ2n) is 10.1. The number of nitrogens with zero attached hydrogens (tertiary/aromatic N) is 4. The van der Waals surface area contributed by atoms with Gasteiger partial charge in [-0.3, -0.25) is 0 Å². The number of carboxylic acids is 1. The molecule has 1 aliphatic rings. The maximum atomic E-state index is 10.4. The summed E-state index contributed by atoms with van der Waals surface area (Å²) in [5.74, 6) is 0.316. The van der Waals surface area contributed by atoms with Crippen LogP contribution < -0.4 is 9.67 Å². The third-order valence-electron chi connectivity index (χ3n) is 5.75. The second kappa shape index (κ2) is 31.9. The molecule has 2 heterocycles. The van der Waals surface area contributed by atoms with Crippen LogP contribution in [0.25, 0.3) is 0 Å². The van der Waals surface area contributed by atoms with Crippen molar-refractivity contribution in [2.45, 2.75) is 53.4 Å². The van der Waals surface area contributed by atoms with Crippen molar-refractivity contribution in [3.63, 3.8) is 0 Å². The Morgan fingerprint density at radius 2 is 1.13 bits per heavy atom. The van der Waals surface area contributed by atoms with Gasteiger partial charge in [0, 0.05) is 0 Å². The van der Waals surface area contributed by atoms with Crippen LogP contribution in [0.15, 0.2) is 73.3 Å². The predicted molar refractivity (Wildman–Crippen MR) is 219 cm³/mol. The summed E-state index contributed by atoms with van der Waals surface area (Å²) in [6.07, 6.45) is 7.32. The second-order valence-corrected chi connectivity index (χ2v) is 36.9. The summed E-state index contributed by atoms with van der Waals surface area (Å²) in [6.45, 7) is 15.1. The number of halogens is 4. The Morgan fingerprint density at radius 3 is 1.29 bits per heavy atom. The summed E-state index contributed by atoms with van der Waals surface area (Å²) in [7, 11) is 8.62. The molecule has 3 aromatic rings. The van der Waals surface area contributed by atoms with E-state index >= 15 is 0 Å². The van der Waals surface area contributed by atoms with Crippen LogP contribution >= 0.6 is 79.0 Å². The molecule has 6 nitrogen and oxygen atoms in total. The van der Waals surface area contributed by atoms with Crippen molar-refractivity contribution < 1.29 is 34.7 Å². The molecule has 0 aliphatic carbocycles. The van der Waals surface area contributed by atoms with Crippen molar-refractivity contribution in [3.8, 4) is 0 Å². The molecule has 0 N–H and O–H groups in total. The molecule has 0 saturated carbocycles. The number of benzene rings is 2. The fraction of sp³-hybridized carbons (Fsp3) is 0.364. The normalized spacial score (nSPS) is 10.7. The fourth-order valence-corrected chi connectivity index (χ4v) is 3.36. The Labute approximate surface area is 333 Å². The van der Waals surface area contributed by atoms with E-state index in [1.54, 1.807) is 26.5 Å². The van der Waals surface area contributed by atoms with Crippen LogP contribution in [-0.2, 0) is 34.3 Å². The number of rotatable bonds is 3. The van der Waals surface area contributed by atoms with E-state index in [4.69, 9.17) is 0 Å². The molecule has 0 atom stereocenters.